The van der Waals surface area contributed by atoms with Gasteiger partial charge < -0.3 is 15.0 Å². The topological polar surface area (TPSA) is 64.6 Å². The van der Waals surface area contributed by atoms with Gasteiger partial charge in [-0.15, -0.1) is 0 Å². The molecule has 3 aromatic rings. The van der Waals surface area contributed by atoms with E-state index in [0.29, 0.717) is 6.61 Å². The maximum absolute atomic E-state index is 5.95. The molecule has 0 aliphatic heterocycles. The first kappa shape index (κ1) is 19.9. The molecular weight excluding hydrogens is 368 g/mol. The van der Waals surface area contributed by atoms with Crippen LogP contribution in [-0.2, 0) is 12.0 Å². The third-order valence-electron chi connectivity index (χ3n) is 4.52. The van der Waals surface area contributed by atoms with E-state index in [4.69, 9.17) is 22.7 Å². The first-order valence-corrected chi connectivity index (χ1v) is 9.65. The number of nitrogens with zero attached hydrogens (tertiary/aromatic N) is 2. The average molecular weight is 395 g/mol. The number of hydrogen-bond acceptors (Lipinski definition) is 3. The number of rotatable bonds is 6. The summed E-state index contributed by atoms with van der Waals surface area (Å²) in [5, 5.41) is 5.34. The fraction of sp³-hybridized carbons (Fsp3) is 0.273. The average Bonchev–Trinajstić information content (AvgIpc) is 2.99. The SMILES string of the molecule is CC(C)(C)c1ccc(OCCn2cc(/C=N\NC(N)=S)c3ccccc32)cc1. The molecule has 0 spiro atoms. The van der Waals surface area contributed by atoms with Crippen LogP contribution >= 0.6 is 12.2 Å². The molecule has 146 valence electrons. The predicted octanol–water partition coefficient (Wildman–Crippen LogP) is 4.18. The number of nitrogens with one attached hydrogen (secondary N) is 1. The molecule has 0 radical (unpaired) electrons. The zero-order chi connectivity index (χ0) is 20.1. The fourth-order valence-electron chi connectivity index (χ4n) is 3.04. The van der Waals surface area contributed by atoms with Crippen molar-refractivity contribution in [2.45, 2.75) is 32.7 Å². The Hall–Kier alpha value is -2.86. The Bertz CT molecular complexity index is 984. The van der Waals surface area contributed by atoms with Gasteiger partial charge >= 0.3 is 0 Å². The summed E-state index contributed by atoms with van der Waals surface area (Å²) in [7, 11) is 0. The van der Waals surface area contributed by atoms with Crippen molar-refractivity contribution in [1.82, 2.24) is 9.99 Å². The number of para-hydroxylation sites is 1. The summed E-state index contributed by atoms with van der Waals surface area (Å²) in [6.07, 6.45) is 3.78. The summed E-state index contributed by atoms with van der Waals surface area (Å²) in [5.74, 6) is 0.881. The van der Waals surface area contributed by atoms with Crippen molar-refractivity contribution in [1.29, 1.82) is 0 Å². The summed E-state index contributed by atoms with van der Waals surface area (Å²) in [6.45, 7) is 7.93. The van der Waals surface area contributed by atoms with Crippen LogP contribution in [0.5, 0.6) is 5.75 Å². The fourth-order valence-corrected chi connectivity index (χ4v) is 3.09. The molecule has 2 aromatic carbocycles. The van der Waals surface area contributed by atoms with Crippen LogP contribution in [0, 0.1) is 0 Å². The third-order valence-corrected chi connectivity index (χ3v) is 4.61. The van der Waals surface area contributed by atoms with Crippen molar-refractivity contribution in [3.05, 3.63) is 65.9 Å². The van der Waals surface area contributed by atoms with Crippen molar-refractivity contribution < 1.29 is 4.74 Å². The van der Waals surface area contributed by atoms with Gasteiger partial charge in [0.2, 0.25) is 0 Å². The molecule has 1 aromatic heterocycles. The van der Waals surface area contributed by atoms with Crippen molar-refractivity contribution in [2.24, 2.45) is 10.8 Å². The van der Waals surface area contributed by atoms with Gasteiger partial charge in [0.25, 0.3) is 0 Å². The van der Waals surface area contributed by atoms with Crippen LogP contribution in [0.2, 0.25) is 0 Å². The van der Waals surface area contributed by atoms with Crippen molar-refractivity contribution in [3.63, 3.8) is 0 Å². The summed E-state index contributed by atoms with van der Waals surface area (Å²) < 4.78 is 8.12. The minimum atomic E-state index is 0.142. The van der Waals surface area contributed by atoms with Gasteiger partial charge in [-0.05, 0) is 41.4 Å². The molecule has 0 saturated carbocycles. The highest BCUT2D eigenvalue weighted by Crippen LogP contribution is 2.24. The van der Waals surface area contributed by atoms with E-state index in [1.165, 1.54) is 5.56 Å². The number of benzene rings is 2. The van der Waals surface area contributed by atoms with Gasteiger partial charge in [-0.3, -0.25) is 5.43 Å². The Morgan fingerprint density at radius 3 is 2.57 bits per heavy atom. The number of ether oxygens (including phenoxy) is 1. The van der Waals surface area contributed by atoms with Gasteiger partial charge in [0.05, 0.1) is 12.8 Å². The van der Waals surface area contributed by atoms with Crippen LogP contribution in [0.25, 0.3) is 10.9 Å². The summed E-state index contributed by atoms with van der Waals surface area (Å²) in [6, 6.07) is 16.5. The van der Waals surface area contributed by atoms with Crippen molar-refractivity contribution in [2.75, 3.05) is 6.61 Å². The molecule has 0 aliphatic rings. The molecule has 0 saturated heterocycles. The van der Waals surface area contributed by atoms with Gasteiger partial charge in [-0.25, -0.2) is 0 Å². The standard InChI is InChI=1S/C22H26N4OS/c1-22(2,3)17-8-10-18(11-9-17)27-13-12-26-15-16(14-24-25-21(23)28)19-6-4-5-7-20(19)26/h4-11,14-15H,12-13H2,1-3H3,(H3,23,25,28)/b24-14-. The number of fused-ring (bicyclic) bond motifs is 1. The van der Waals surface area contributed by atoms with Crippen LogP contribution in [-0.4, -0.2) is 22.5 Å². The lowest BCUT2D eigenvalue weighted by atomic mass is 9.87. The molecule has 0 aliphatic carbocycles. The van der Waals surface area contributed by atoms with Crippen molar-refractivity contribution >= 4 is 34.4 Å². The minimum absolute atomic E-state index is 0.142. The maximum Gasteiger partial charge on any atom is 0.184 e. The van der Waals surface area contributed by atoms with Gasteiger partial charge in [0.1, 0.15) is 12.4 Å². The Kier molecular flexibility index (Phi) is 5.99. The lowest BCUT2D eigenvalue weighted by Crippen LogP contribution is -2.23. The van der Waals surface area contributed by atoms with Gasteiger partial charge in [-0.1, -0.05) is 51.1 Å². The third kappa shape index (κ3) is 4.89. The van der Waals surface area contributed by atoms with Crippen LogP contribution in [0.15, 0.2) is 59.8 Å². The first-order chi connectivity index (χ1) is 13.3. The Labute approximate surface area is 171 Å². The monoisotopic (exact) mass is 394 g/mol. The molecular formula is C22H26N4OS. The van der Waals surface area contributed by atoms with Crippen molar-refractivity contribution in [3.8, 4) is 5.75 Å². The number of hydrazone groups is 1. The van der Waals surface area contributed by atoms with Crippen LogP contribution in [0.1, 0.15) is 31.9 Å². The van der Waals surface area contributed by atoms with Crippen LogP contribution < -0.4 is 15.9 Å². The van der Waals surface area contributed by atoms with Crippen LogP contribution in [0.4, 0.5) is 0 Å². The zero-order valence-electron chi connectivity index (χ0n) is 16.5. The van der Waals surface area contributed by atoms with E-state index in [9.17, 15) is 0 Å². The largest absolute Gasteiger partial charge is 0.492 e. The normalized spacial score (nSPS) is 11.8. The number of hydrogen-bond donors (Lipinski definition) is 2. The summed E-state index contributed by atoms with van der Waals surface area (Å²) >= 11 is 4.78. The highest BCUT2D eigenvalue weighted by molar-refractivity contribution is 7.80. The lowest BCUT2D eigenvalue weighted by molar-refractivity contribution is 0.300. The van der Waals surface area contributed by atoms with E-state index in [2.05, 4.69) is 66.3 Å². The maximum atomic E-state index is 5.95. The number of nitrogens with two attached hydrogens (primary N) is 1. The molecule has 0 bridgehead atoms. The van der Waals surface area contributed by atoms with E-state index in [0.717, 1.165) is 28.8 Å². The molecule has 0 atom stereocenters. The second-order valence-corrected chi connectivity index (χ2v) is 8.09. The molecule has 5 nitrogen and oxygen atoms in total. The highest BCUT2D eigenvalue weighted by atomic mass is 32.1. The van der Waals surface area contributed by atoms with Gasteiger partial charge in [-0.2, -0.15) is 5.10 Å². The minimum Gasteiger partial charge on any atom is -0.492 e. The summed E-state index contributed by atoms with van der Waals surface area (Å²) in [4.78, 5) is 0. The quantitative estimate of drug-likeness (QED) is 0.374. The van der Waals surface area contributed by atoms with E-state index in [1.807, 2.05) is 24.3 Å². The molecule has 0 unspecified atom stereocenters. The molecule has 6 heteroatoms. The number of thiocarbonyl (C=S) groups is 1. The molecule has 0 amide bonds. The lowest BCUT2D eigenvalue weighted by Gasteiger charge is -2.19. The predicted molar refractivity (Wildman–Crippen MR) is 120 cm³/mol. The Morgan fingerprint density at radius 1 is 1.18 bits per heavy atom. The molecule has 28 heavy (non-hydrogen) atoms. The van der Waals surface area contributed by atoms with Gasteiger partial charge in [0, 0.05) is 22.7 Å². The van der Waals surface area contributed by atoms with Crippen LogP contribution in [0.3, 0.4) is 0 Å². The Morgan fingerprint density at radius 2 is 1.89 bits per heavy atom. The smallest absolute Gasteiger partial charge is 0.184 e. The van der Waals surface area contributed by atoms with E-state index in [1.54, 1.807) is 6.21 Å². The van der Waals surface area contributed by atoms with E-state index >= 15 is 0 Å². The second kappa shape index (κ2) is 8.44. The highest BCUT2D eigenvalue weighted by Gasteiger charge is 2.13. The zero-order valence-corrected chi connectivity index (χ0v) is 17.3. The van der Waals surface area contributed by atoms with E-state index < -0.39 is 0 Å². The number of aromatic nitrogens is 1. The first-order valence-electron chi connectivity index (χ1n) is 9.24. The van der Waals surface area contributed by atoms with Gasteiger partial charge in [0.15, 0.2) is 5.11 Å². The van der Waals surface area contributed by atoms with E-state index in [-0.39, 0.29) is 10.5 Å². The Balaban J connectivity index is 1.69. The molecule has 3 N–H and O–H groups in total. The molecule has 1 heterocycles. The molecule has 0 fully saturated rings. The summed E-state index contributed by atoms with van der Waals surface area (Å²) in [5.41, 5.74) is 11.6. The molecule has 3 rings (SSSR count). The second-order valence-electron chi connectivity index (χ2n) is 7.65.